The summed E-state index contributed by atoms with van der Waals surface area (Å²) in [5.41, 5.74) is 5.99. The molecular formula is C24H25N3O5S2. The molecule has 3 rings (SSSR count). The molecule has 0 aliphatic carbocycles. The first-order chi connectivity index (χ1) is 16.3. The monoisotopic (exact) mass is 499 g/mol. The standard InChI is InChI=1S/C24H25N3O5S2/c1-3-32-18-10-8-17(9-11-18)27(34(30,31)20-14-12-19(33-2)13-15-20)16-23(28)26-22-7-5-4-6-21(22)24(25)29/h4-15H,3,16H2,1-2H3,(H2,25,29)(H,26,28). The maximum Gasteiger partial charge on any atom is 0.264 e. The number of hydrogen-bond acceptors (Lipinski definition) is 6. The van der Waals surface area contributed by atoms with E-state index < -0.39 is 28.4 Å². The summed E-state index contributed by atoms with van der Waals surface area (Å²) in [5, 5.41) is 2.59. The second-order valence-corrected chi connectivity index (χ2v) is 9.81. The zero-order chi connectivity index (χ0) is 24.7. The predicted octanol–water partition coefficient (Wildman–Crippen LogP) is 3.74. The first-order valence-electron chi connectivity index (χ1n) is 10.3. The van der Waals surface area contributed by atoms with Gasteiger partial charge in [-0.05, 0) is 73.8 Å². The number of primary amides is 1. The molecule has 0 fully saturated rings. The Labute approximate surface area is 203 Å². The van der Waals surface area contributed by atoms with Gasteiger partial charge in [0.1, 0.15) is 12.3 Å². The molecule has 0 saturated carbocycles. The molecule has 3 aromatic rings. The highest BCUT2D eigenvalue weighted by atomic mass is 32.2. The van der Waals surface area contributed by atoms with Gasteiger partial charge in [-0.3, -0.25) is 13.9 Å². The number of thioether (sulfide) groups is 1. The van der Waals surface area contributed by atoms with Crippen molar-refractivity contribution >= 4 is 45.0 Å². The van der Waals surface area contributed by atoms with Crippen LogP contribution in [-0.2, 0) is 14.8 Å². The number of carbonyl (C=O) groups excluding carboxylic acids is 2. The Morgan fingerprint density at radius 1 is 1.00 bits per heavy atom. The minimum absolute atomic E-state index is 0.0459. The van der Waals surface area contributed by atoms with E-state index in [9.17, 15) is 18.0 Å². The average molecular weight is 500 g/mol. The van der Waals surface area contributed by atoms with Gasteiger partial charge in [-0.2, -0.15) is 0 Å². The van der Waals surface area contributed by atoms with E-state index in [0.29, 0.717) is 12.4 Å². The van der Waals surface area contributed by atoms with Crippen LogP contribution in [0.5, 0.6) is 5.75 Å². The quantitative estimate of drug-likeness (QED) is 0.410. The van der Waals surface area contributed by atoms with Crippen molar-refractivity contribution in [3.05, 3.63) is 78.4 Å². The summed E-state index contributed by atoms with van der Waals surface area (Å²) < 4.78 is 33.5. The third-order valence-electron chi connectivity index (χ3n) is 4.84. The van der Waals surface area contributed by atoms with Gasteiger partial charge in [-0.15, -0.1) is 11.8 Å². The molecule has 3 N–H and O–H groups in total. The van der Waals surface area contributed by atoms with Crippen LogP contribution in [-0.4, -0.2) is 39.6 Å². The van der Waals surface area contributed by atoms with Gasteiger partial charge < -0.3 is 15.8 Å². The van der Waals surface area contributed by atoms with E-state index in [1.54, 1.807) is 48.5 Å². The molecule has 8 nitrogen and oxygen atoms in total. The second-order valence-electron chi connectivity index (χ2n) is 7.07. The summed E-state index contributed by atoms with van der Waals surface area (Å²) in [7, 11) is -4.09. The lowest BCUT2D eigenvalue weighted by Crippen LogP contribution is -2.38. The van der Waals surface area contributed by atoms with Crippen LogP contribution < -0.4 is 20.1 Å². The van der Waals surface area contributed by atoms with Crippen LogP contribution in [0.25, 0.3) is 0 Å². The van der Waals surface area contributed by atoms with Gasteiger partial charge in [0.25, 0.3) is 15.9 Å². The summed E-state index contributed by atoms with van der Waals surface area (Å²) in [4.78, 5) is 25.6. The molecule has 0 aromatic heterocycles. The van der Waals surface area contributed by atoms with Crippen molar-refractivity contribution in [2.24, 2.45) is 5.73 Å². The van der Waals surface area contributed by atoms with Crippen LogP contribution in [0.15, 0.2) is 82.6 Å². The normalized spacial score (nSPS) is 11.0. The fraction of sp³-hybridized carbons (Fsp3) is 0.167. The molecule has 178 valence electrons. The number of rotatable bonds is 10. The molecular weight excluding hydrogens is 474 g/mol. The van der Waals surface area contributed by atoms with Crippen LogP contribution >= 0.6 is 11.8 Å². The number of sulfonamides is 1. The molecule has 0 unspecified atom stereocenters. The SMILES string of the molecule is CCOc1ccc(N(CC(=O)Nc2ccccc2C(N)=O)S(=O)(=O)c2ccc(SC)cc2)cc1. The fourth-order valence-electron chi connectivity index (χ4n) is 3.19. The summed E-state index contributed by atoms with van der Waals surface area (Å²) >= 11 is 1.49. The Morgan fingerprint density at radius 3 is 2.24 bits per heavy atom. The molecule has 0 aliphatic heterocycles. The van der Waals surface area contributed by atoms with Crippen LogP contribution in [0.4, 0.5) is 11.4 Å². The van der Waals surface area contributed by atoms with Gasteiger partial charge in [0, 0.05) is 4.90 Å². The topological polar surface area (TPSA) is 119 Å². The predicted molar refractivity (Wildman–Crippen MR) is 134 cm³/mol. The third-order valence-corrected chi connectivity index (χ3v) is 7.37. The molecule has 0 radical (unpaired) electrons. The number of amides is 2. The summed E-state index contributed by atoms with van der Waals surface area (Å²) in [6.07, 6.45) is 1.89. The first kappa shape index (κ1) is 25.1. The number of para-hydroxylation sites is 1. The number of nitrogens with two attached hydrogens (primary N) is 1. The molecule has 0 atom stereocenters. The maximum absolute atomic E-state index is 13.5. The molecule has 3 aromatic carbocycles. The van der Waals surface area contributed by atoms with Gasteiger partial charge in [-0.1, -0.05) is 12.1 Å². The smallest absolute Gasteiger partial charge is 0.264 e. The average Bonchev–Trinajstić information content (AvgIpc) is 2.83. The van der Waals surface area contributed by atoms with Crippen LogP contribution in [0, 0.1) is 0 Å². The van der Waals surface area contributed by atoms with Crippen molar-refractivity contribution in [3.8, 4) is 5.75 Å². The van der Waals surface area contributed by atoms with Crippen molar-refractivity contribution < 1.29 is 22.7 Å². The maximum atomic E-state index is 13.5. The van der Waals surface area contributed by atoms with Gasteiger partial charge in [0.2, 0.25) is 5.91 Å². The van der Waals surface area contributed by atoms with Crippen molar-refractivity contribution in [2.75, 3.05) is 29.0 Å². The highest BCUT2D eigenvalue weighted by Gasteiger charge is 2.27. The van der Waals surface area contributed by atoms with Crippen molar-refractivity contribution in [1.82, 2.24) is 0 Å². The highest BCUT2D eigenvalue weighted by molar-refractivity contribution is 7.98. The Kier molecular flexibility index (Phi) is 8.19. The molecule has 0 saturated heterocycles. The Balaban J connectivity index is 1.96. The number of nitrogens with zero attached hydrogens (tertiary/aromatic N) is 1. The number of carbonyl (C=O) groups is 2. The van der Waals surface area contributed by atoms with Gasteiger partial charge >= 0.3 is 0 Å². The molecule has 0 bridgehead atoms. The lowest BCUT2D eigenvalue weighted by Gasteiger charge is -2.24. The second kappa shape index (κ2) is 11.1. The lowest BCUT2D eigenvalue weighted by molar-refractivity contribution is -0.114. The third kappa shape index (κ3) is 5.89. The number of nitrogens with one attached hydrogen (secondary N) is 1. The van der Waals surface area contributed by atoms with Gasteiger partial charge in [0.05, 0.1) is 28.4 Å². The number of ether oxygens (including phenoxy) is 1. The molecule has 10 heteroatoms. The van der Waals surface area contributed by atoms with Gasteiger partial charge in [0.15, 0.2) is 0 Å². The van der Waals surface area contributed by atoms with Gasteiger partial charge in [-0.25, -0.2) is 8.42 Å². The minimum Gasteiger partial charge on any atom is -0.494 e. The number of hydrogen-bond donors (Lipinski definition) is 2. The van der Waals surface area contributed by atoms with E-state index in [1.807, 2.05) is 13.2 Å². The fourth-order valence-corrected chi connectivity index (χ4v) is 5.02. The van der Waals surface area contributed by atoms with Crippen LogP contribution in [0.1, 0.15) is 17.3 Å². The molecule has 0 aliphatic rings. The molecule has 0 heterocycles. The van der Waals surface area contributed by atoms with E-state index >= 15 is 0 Å². The zero-order valence-electron chi connectivity index (χ0n) is 18.7. The zero-order valence-corrected chi connectivity index (χ0v) is 20.4. The van der Waals surface area contributed by atoms with E-state index in [4.69, 9.17) is 10.5 Å². The largest absolute Gasteiger partial charge is 0.494 e. The highest BCUT2D eigenvalue weighted by Crippen LogP contribution is 2.27. The molecule has 2 amide bonds. The Morgan fingerprint density at radius 2 is 1.65 bits per heavy atom. The van der Waals surface area contributed by atoms with Crippen molar-refractivity contribution in [2.45, 2.75) is 16.7 Å². The van der Waals surface area contributed by atoms with E-state index in [0.717, 1.165) is 9.20 Å². The number of anilines is 2. The summed E-state index contributed by atoms with van der Waals surface area (Å²) in [6, 6.07) is 19.1. The summed E-state index contributed by atoms with van der Waals surface area (Å²) in [5.74, 6) is -0.763. The van der Waals surface area contributed by atoms with Crippen molar-refractivity contribution in [3.63, 3.8) is 0 Å². The Bertz CT molecular complexity index is 1260. The lowest BCUT2D eigenvalue weighted by atomic mass is 10.1. The minimum atomic E-state index is -4.09. The molecule has 34 heavy (non-hydrogen) atoms. The van der Waals surface area contributed by atoms with E-state index in [2.05, 4.69) is 5.32 Å². The first-order valence-corrected chi connectivity index (χ1v) is 13.0. The number of benzene rings is 3. The van der Waals surface area contributed by atoms with E-state index in [1.165, 1.54) is 36.0 Å². The van der Waals surface area contributed by atoms with E-state index in [-0.39, 0.29) is 21.8 Å². The van der Waals surface area contributed by atoms with Crippen molar-refractivity contribution in [1.29, 1.82) is 0 Å². The Hall–Kier alpha value is -3.50. The van der Waals surface area contributed by atoms with Crippen LogP contribution in [0.3, 0.4) is 0 Å². The van der Waals surface area contributed by atoms with Crippen LogP contribution in [0.2, 0.25) is 0 Å². The molecule has 0 spiro atoms. The summed E-state index contributed by atoms with van der Waals surface area (Å²) in [6.45, 7) is 1.79.